The van der Waals surface area contributed by atoms with Crippen LogP contribution < -0.4 is 5.32 Å². The van der Waals surface area contributed by atoms with Gasteiger partial charge in [0.15, 0.2) is 5.69 Å². The number of nitrogens with one attached hydrogen (secondary N) is 1. The summed E-state index contributed by atoms with van der Waals surface area (Å²) in [6, 6.07) is 3.67. The Labute approximate surface area is 117 Å². The van der Waals surface area contributed by atoms with E-state index in [-0.39, 0.29) is 10.7 Å². The minimum atomic E-state index is -1.11. The number of carbonyl (C=O) groups is 1. The molecule has 0 bridgehead atoms. The lowest BCUT2D eigenvalue weighted by atomic mass is 10.3. The highest BCUT2D eigenvalue weighted by atomic mass is 35.5. The number of likely N-dealkylation sites (tertiary alicyclic amines) is 1. The lowest BCUT2D eigenvalue weighted by molar-refractivity contribution is 0.0691. The molecular formula is C13H18ClN3O2. The van der Waals surface area contributed by atoms with Gasteiger partial charge in [-0.1, -0.05) is 11.6 Å². The SMILES string of the molecule is CC(CNc1ccc(Cl)c(C(=O)O)n1)N1CCCC1. The highest BCUT2D eigenvalue weighted by molar-refractivity contribution is 6.33. The number of pyridine rings is 1. The molecule has 1 fully saturated rings. The van der Waals surface area contributed by atoms with Gasteiger partial charge in [0.1, 0.15) is 5.82 Å². The molecule has 1 saturated heterocycles. The third-order valence-electron chi connectivity index (χ3n) is 3.39. The van der Waals surface area contributed by atoms with Gasteiger partial charge >= 0.3 is 5.97 Å². The third-order valence-corrected chi connectivity index (χ3v) is 3.70. The summed E-state index contributed by atoms with van der Waals surface area (Å²) in [5.74, 6) is -0.561. The van der Waals surface area contributed by atoms with Gasteiger partial charge in [-0.2, -0.15) is 0 Å². The first-order valence-corrected chi connectivity index (χ1v) is 6.83. The molecule has 0 spiro atoms. The van der Waals surface area contributed by atoms with Crippen molar-refractivity contribution >= 4 is 23.4 Å². The first kappa shape index (κ1) is 14.1. The van der Waals surface area contributed by atoms with Crippen molar-refractivity contribution in [1.29, 1.82) is 0 Å². The number of carboxylic acids is 1. The van der Waals surface area contributed by atoms with Gasteiger partial charge in [0.05, 0.1) is 5.02 Å². The number of rotatable bonds is 5. The molecule has 2 rings (SSSR count). The number of hydrogen-bond acceptors (Lipinski definition) is 4. The van der Waals surface area contributed by atoms with Crippen molar-refractivity contribution in [2.45, 2.75) is 25.8 Å². The quantitative estimate of drug-likeness (QED) is 0.868. The summed E-state index contributed by atoms with van der Waals surface area (Å²) in [7, 11) is 0. The van der Waals surface area contributed by atoms with Crippen molar-refractivity contribution in [3.05, 3.63) is 22.8 Å². The molecular weight excluding hydrogens is 266 g/mol. The first-order valence-electron chi connectivity index (χ1n) is 6.45. The van der Waals surface area contributed by atoms with Crippen molar-refractivity contribution < 1.29 is 9.90 Å². The highest BCUT2D eigenvalue weighted by Gasteiger charge is 2.18. The molecule has 6 heteroatoms. The largest absolute Gasteiger partial charge is 0.476 e. The number of halogens is 1. The molecule has 0 aromatic carbocycles. The van der Waals surface area contributed by atoms with E-state index in [4.69, 9.17) is 16.7 Å². The predicted molar refractivity (Wildman–Crippen MR) is 75.0 cm³/mol. The van der Waals surface area contributed by atoms with E-state index in [9.17, 15) is 4.79 Å². The number of hydrogen-bond donors (Lipinski definition) is 2. The maximum absolute atomic E-state index is 10.9. The summed E-state index contributed by atoms with van der Waals surface area (Å²) in [5.41, 5.74) is -0.111. The van der Waals surface area contributed by atoms with E-state index in [2.05, 4.69) is 22.1 Å². The van der Waals surface area contributed by atoms with Gasteiger partial charge in [0.2, 0.25) is 0 Å². The summed E-state index contributed by atoms with van der Waals surface area (Å²) < 4.78 is 0. The zero-order chi connectivity index (χ0) is 13.8. The van der Waals surface area contributed by atoms with Crippen LogP contribution >= 0.6 is 11.6 Å². The van der Waals surface area contributed by atoms with E-state index >= 15 is 0 Å². The summed E-state index contributed by atoms with van der Waals surface area (Å²) in [4.78, 5) is 17.4. The van der Waals surface area contributed by atoms with E-state index in [1.165, 1.54) is 12.8 Å². The summed E-state index contributed by atoms with van der Waals surface area (Å²) >= 11 is 5.78. The zero-order valence-corrected chi connectivity index (χ0v) is 11.7. The second-order valence-electron chi connectivity index (χ2n) is 4.81. The molecule has 2 heterocycles. The van der Waals surface area contributed by atoms with Crippen molar-refractivity contribution in [3.63, 3.8) is 0 Å². The van der Waals surface area contributed by atoms with Gasteiger partial charge < -0.3 is 10.4 Å². The molecule has 5 nitrogen and oxygen atoms in total. The predicted octanol–water partition coefficient (Wildman–Crippen LogP) is 2.33. The Morgan fingerprint density at radius 1 is 1.53 bits per heavy atom. The molecule has 1 aliphatic rings. The van der Waals surface area contributed by atoms with Gasteiger partial charge in [0.25, 0.3) is 0 Å². The first-order chi connectivity index (χ1) is 9.08. The van der Waals surface area contributed by atoms with Gasteiger partial charge in [-0.15, -0.1) is 0 Å². The van der Waals surface area contributed by atoms with Gasteiger partial charge in [-0.25, -0.2) is 9.78 Å². The molecule has 1 aromatic heterocycles. The van der Waals surface area contributed by atoms with Crippen LogP contribution in [0.5, 0.6) is 0 Å². The molecule has 0 aliphatic carbocycles. The molecule has 104 valence electrons. The standard InChI is InChI=1S/C13H18ClN3O2/c1-9(17-6-2-3-7-17)8-15-11-5-4-10(14)12(16-11)13(18)19/h4-5,9H,2-3,6-8H2,1H3,(H,15,16)(H,18,19). The lowest BCUT2D eigenvalue weighted by Gasteiger charge is -2.24. The third kappa shape index (κ3) is 3.58. The fourth-order valence-electron chi connectivity index (χ4n) is 2.25. The molecule has 1 atom stereocenters. The minimum Gasteiger partial charge on any atom is -0.476 e. The fourth-order valence-corrected chi connectivity index (χ4v) is 2.44. The van der Waals surface area contributed by atoms with Crippen LogP contribution in [-0.4, -0.2) is 46.6 Å². The summed E-state index contributed by atoms with van der Waals surface area (Å²) in [5, 5.41) is 12.3. The number of anilines is 1. The van der Waals surface area contributed by atoms with Crippen LogP contribution in [0.4, 0.5) is 5.82 Å². The fraction of sp³-hybridized carbons (Fsp3) is 0.538. The minimum absolute atomic E-state index is 0.111. The topological polar surface area (TPSA) is 65.5 Å². The van der Waals surface area contributed by atoms with Gasteiger partial charge in [0, 0.05) is 12.6 Å². The number of aromatic carboxylic acids is 1. The van der Waals surface area contributed by atoms with Crippen molar-refractivity contribution in [1.82, 2.24) is 9.88 Å². The Morgan fingerprint density at radius 3 is 2.84 bits per heavy atom. The lowest BCUT2D eigenvalue weighted by Crippen LogP contribution is -2.35. The van der Waals surface area contributed by atoms with Crippen LogP contribution in [-0.2, 0) is 0 Å². The van der Waals surface area contributed by atoms with Crippen molar-refractivity contribution in [2.24, 2.45) is 0 Å². The molecule has 0 saturated carbocycles. The normalized spacial score (nSPS) is 17.4. The molecule has 1 unspecified atom stereocenters. The van der Waals surface area contributed by atoms with Crippen molar-refractivity contribution in [2.75, 3.05) is 25.0 Å². The van der Waals surface area contributed by atoms with Crippen LogP contribution in [0.3, 0.4) is 0 Å². The molecule has 1 aliphatic heterocycles. The number of nitrogens with zero attached hydrogens (tertiary/aromatic N) is 2. The molecule has 1 aromatic rings. The van der Waals surface area contributed by atoms with Gasteiger partial charge in [-0.05, 0) is 45.0 Å². The Kier molecular flexibility index (Phi) is 4.61. The van der Waals surface area contributed by atoms with Crippen molar-refractivity contribution in [3.8, 4) is 0 Å². The molecule has 2 N–H and O–H groups in total. The van der Waals surface area contributed by atoms with E-state index < -0.39 is 5.97 Å². The molecule has 0 amide bonds. The Hall–Kier alpha value is -1.33. The summed E-state index contributed by atoms with van der Waals surface area (Å²) in [6.45, 7) is 5.18. The van der Waals surface area contributed by atoms with E-state index in [1.54, 1.807) is 12.1 Å². The van der Waals surface area contributed by atoms with Crippen LogP contribution in [0.2, 0.25) is 5.02 Å². The number of carboxylic acid groups (broad SMARTS) is 1. The van der Waals surface area contributed by atoms with Crippen LogP contribution in [0.15, 0.2) is 12.1 Å². The Bertz CT molecular complexity index is 461. The Balaban J connectivity index is 1.95. The summed E-state index contributed by atoms with van der Waals surface area (Å²) in [6.07, 6.45) is 2.51. The monoisotopic (exact) mass is 283 g/mol. The molecule has 19 heavy (non-hydrogen) atoms. The maximum atomic E-state index is 10.9. The maximum Gasteiger partial charge on any atom is 0.356 e. The average molecular weight is 284 g/mol. The highest BCUT2D eigenvalue weighted by Crippen LogP contribution is 2.17. The van der Waals surface area contributed by atoms with Crippen LogP contribution in [0.25, 0.3) is 0 Å². The van der Waals surface area contributed by atoms with E-state index in [0.717, 1.165) is 19.6 Å². The molecule has 0 radical (unpaired) electrons. The second kappa shape index (κ2) is 6.21. The second-order valence-corrected chi connectivity index (χ2v) is 5.21. The smallest absolute Gasteiger partial charge is 0.356 e. The van der Waals surface area contributed by atoms with Crippen LogP contribution in [0, 0.1) is 0 Å². The number of aromatic nitrogens is 1. The van der Waals surface area contributed by atoms with Gasteiger partial charge in [-0.3, -0.25) is 4.90 Å². The Morgan fingerprint density at radius 2 is 2.21 bits per heavy atom. The van der Waals surface area contributed by atoms with Crippen LogP contribution in [0.1, 0.15) is 30.3 Å². The average Bonchev–Trinajstić information content (AvgIpc) is 2.91. The van der Waals surface area contributed by atoms with E-state index in [0.29, 0.717) is 11.9 Å². The van der Waals surface area contributed by atoms with E-state index in [1.807, 2.05) is 0 Å². The zero-order valence-electron chi connectivity index (χ0n) is 10.9.